The Balaban J connectivity index is 1.44. The maximum absolute atomic E-state index is 15.1. The summed E-state index contributed by atoms with van der Waals surface area (Å²) in [6.45, 7) is 4.41. The number of hydrogen-bond acceptors (Lipinski definition) is 10. The minimum absolute atomic E-state index is 0.0559. The molecule has 19 heteroatoms. The van der Waals surface area contributed by atoms with E-state index in [0.717, 1.165) is 4.90 Å². The number of anilines is 1. The molecule has 1 saturated heterocycles. The topological polar surface area (TPSA) is 188 Å². The smallest absolute Gasteiger partial charge is 0.411 e. The Morgan fingerprint density at radius 1 is 1.08 bits per heavy atom. The van der Waals surface area contributed by atoms with E-state index < -0.39 is 86.4 Å². The summed E-state index contributed by atoms with van der Waals surface area (Å²) in [7, 11) is 1.04. The van der Waals surface area contributed by atoms with Gasteiger partial charge in [0, 0.05) is 31.8 Å². The molecule has 2 aromatic rings. The van der Waals surface area contributed by atoms with Crippen molar-refractivity contribution < 1.29 is 55.3 Å². The van der Waals surface area contributed by atoms with E-state index in [0.29, 0.717) is 61.9 Å². The zero-order valence-electron chi connectivity index (χ0n) is 34.2. The first-order valence-corrected chi connectivity index (χ1v) is 21.3. The average Bonchev–Trinajstić information content (AvgIpc) is 4.07. The highest BCUT2D eigenvalue weighted by atomic mass is 32.2. The number of aromatic nitrogens is 1. The molecular formula is C40H53F3N6O9S. The van der Waals surface area contributed by atoms with Crippen LogP contribution < -0.4 is 24.4 Å². The zero-order valence-corrected chi connectivity index (χ0v) is 35.0. The fourth-order valence-corrected chi connectivity index (χ4v) is 9.64. The molecule has 4 aliphatic rings. The number of methoxy groups -OCH3 is 1. The fraction of sp³-hybridized carbons (Fsp3) is 0.625. The number of carbonyl (C=O) groups is 4. The Kier molecular flexibility index (Phi) is 11.9. The molecular weight excluding hydrogens is 798 g/mol. The second-order valence-corrected chi connectivity index (χ2v) is 19.1. The molecule has 1 aromatic carbocycles. The molecule has 0 bridgehead atoms. The van der Waals surface area contributed by atoms with Gasteiger partial charge in [-0.2, -0.15) is 18.2 Å². The first kappa shape index (κ1) is 43.8. The summed E-state index contributed by atoms with van der Waals surface area (Å²) in [6, 6.07) is 3.63. The van der Waals surface area contributed by atoms with Crippen LogP contribution in [0.3, 0.4) is 0 Å². The molecule has 3 fully saturated rings. The predicted molar refractivity (Wildman–Crippen MR) is 211 cm³/mol. The summed E-state index contributed by atoms with van der Waals surface area (Å²) < 4.78 is 84.1. The summed E-state index contributed by atoms with van der Waals surface area (Å²) >= 11 is 0. The highest BCUT2D eigenvalue weighted by molar-refractivity contribution is 7.91. The first-order valence-electron chi connectivity index (χ1n) is 19.8. The Hall–Kier alpha value is -4.81. The molecule has 7 atom stereocenters. The number of sulfonamides is 1. The number of fused-ring (bicyclic) bond motifs is 3. The lowest BCUT2D eigenvalue weighted by Crippen LogP contribution is -2.66. The number of carboxylic acid groups (broad SMARTS) is 1. The SMILES string of the molecule is COc1ccc2c(O[C@@H]3C[C@H]4C(=O)N[C@]5(C(=O)NS(=O)(=O)C6CC6)C[C@H]5/C=C\CC[C@@H](C)C[C@@H](C)[C@H](N(C(=O)O)C(C)(C)C(F)(F)F)C(=O)N4C3)nc(N(C)C)cc2c1. The van der Waals surface area contributed by atoms with Crippen LogP contribution in [-0.4, -0.2) is 121 Å². The number of alkyl halides is 3. The van der Waals surface area contributed by atoms with Gasteiger partial charge in [0.2, 0.25) is 27.7 Å². The Labute approximate surface area is 341 Å². The molecule has 0 unspecified atom stereocenters. The van der Waals surface area contributed by atoms with Crippen molar-refractivity contribution in [1.82, 2.24) is 24.8 Å². The molecule has 6 rings (SSSR count). The average molecular weight is 851 g/mol. The highest BCUT2D eigenvalue weighted by Gasteiger charge is 2.63. The second-order valence-electron chi connectivity index (χ2n) is 17.2. The monoisotopic (exact) mass is 850 g/mol. The molecule has 0 radical (unpaired) electrons. The van der Waals surface area contributed by atoms with E-state index in [4.69, 9.17) is 9.47 Å². The van der Waals surface area contributed by atoms with Crippen LogP contribution in [0, 0.1) is 17.8 Å². The minimum Gasteiger partial charge on any atom is -0.497 e. The molecule has 324 valence electrons. The van der Waals surface area contributed by atoms with Crippen molar-refractivity contribution in [3.63, 3.8) is 0 Å². The number of nitrogens with zero attached hydrogens (tertiary/aromatic N) is 4. The van der Waals surface area contributed by atoms with Gasteiger partial charge in [0.1, 0.15) is 40.8 Å². The third kappa shape index (κ3) is 8.75. The van der Waals surface area contributed by atoms with Gasteiger partial charge in [-0.25, -0.2) is 13.2 Å². The summed E-state index contributed by atoms with van der Waals surface area (Å²) in [5.74, 6) is -3.41. The highest BCUT2D eigenvalue weighted by Crippen LogP contribution is 2.47. The number of allylic oxidation sites excluding steroid dienone is 1. The van der Waals surface area contributed by atoms with Crippen LogP contribution in [0.15, 0.2) is 36.4 Å². The largest absolute Gasteiger partial charge is 0.497 e. The van der Waals surface area contributed by atoms with Gasteiger partial charge in [0.25, 0.3) is 5.91 Å². The fourth-order valence-electron chi connectivity index (χ4n) is 8.28. The van der Waals surface area contributed by atoms with E-state index in [1.54, 1.807) is 43.3 Å². The lowest BCUT2D eigenvalue weighted by Gasteiger charge is -2.45. The van der Waals surface area contributed by atoms with Gasteiger partial charge in [-0.1, -0.05) is 26.0 Å². The number of nitrogens with one attached hydrogen (secondary N) is 2. The van der Waals surface area contributed by atoms with E-state index in [1.165, 1.54) is 14.0 Å². The standard InChI is InChI=1S/C40H53F3N6O9S/c1-22-10-8-9-11-25-20-39(25,36(52)46-59(55,56)28-13-14-28)45-33(50)30-19-27(58-34-29-15-12-26(57-7)17-24(29)18-31(44-34)47(5)6)21-48(30)35(51)32(23(2)16-22)49(37(53)54)38(3,4)40(41,42)43/h9,11-12,15,17-18,22-23,25,27-28,30,32H,8,10,13-14,16,19-21H2,1-7H3,(H,45,50)(H,46,52)(H,53,54)/b11-9-/t22-,23-,25-,27-,30+,32+,39-/m1/s1. The first-order chi connectivity index (χ1) is 27.5. The molecule has 59 heavy (non-hydrogen) atoms. The summed E-state index contributed by atoms with van der Waals surface area (Å²) in [4.78, 5) is 64.1. The number of hydrogen-bond donors (Lipinski definition) is 3. The molecule has 0 spiro atoms. The van der Waals surface area contributed by atoms with Gasteiger partial charge in [-0.3, -0.25) is 24.0 Å². The lowest BCUT2D eigenvalue weighted by molar-refractivity contribution is -0.222. The van der Waals surface area contributed by atoms with Gasteiger partial charge < -0.3 is 29.7 Å². The number of pyridine rings is 1. The van der Waals surface area contributed by atoms with Crippen LogP contribution in [0.1, 0.15) is 72.6 Å². The number of amides is 4. The maximum Gasteiger partial charge on any atom is 0.411 e. The number of halogens is 3. The van der Waals surface area contributed by atoms with Gasteiger partial charge >= 0.3 is 12.3 Å². The van der Waals surface area contributed by atoms with Crippen molar-refractivity contribution in [2.75, 3.05) is 32.6 Å². The van der Waals surface area contributed by atoms with Crippen molar-refractivity contribution in [1.29, 1.82) is 0 Å². The molecule has 3 N–H and O–H groups in total. The van der Waals surface area contributed by atoms with Crippen molar-refractivity contribution >= 4 is 50.4 Å². The number of rotatable bonds is 9. The number of benzene rings is 1. The Morgan fingerprint density at radius 2 is 1.78 bits per heavy atom. The van der Waals surface area contributed by atoms with E-state index in [9.17, 15) is 41.1 Å². The minimum atomic E-state index is -5.10. The number of carbonyl (C=O) groups excluding carboxylic acids is 3. The van der Waals surface area contributed by atoms with Crippen LogP contribution in [0.4, 0.5) is 23.8 Å². The van der Waals surface area contributed by atoms with E-state index >= 15 is 4.79 Å². The number of ether oxygens (including phenoxy) is 2. The van der Waals surface area contributed by atoms with Crippen LogP contribution in [0.2, 0.25) is 0 Å². The summed E-state index contributed by atoms with van der Waals surface area (Å²) in [5.41, 5.74) is -4.74. The van der Waals surface area contributed by atoms with Gasteiger partial charge in [-0.15, -0.1) is 0 Å². The zero-order chi connectivity index (χ0) is 43.4. The van der Waals surface area contributed by atoms with Gasteiger partial charge in [-0.05, 0) is 93.9 Å². The Morgan fingerprint density at radius 3 is 2.39 bits per heavy atom. The van der Waals surface area contributed by atoms with Crippen LogP contribution in [-0.2, 0) is 24.4 Å². The van der Waals surface area contributed by atoms with Gasteiger partial charge in [0.05, 0.1) is 18.9 Å². The van der Waals surface area contributed by atoms with E-state index in [1.807, 2.05) is 19.1 Å². The molecule has 15 nitrogen and oxygen atoms in total. The maximum atomic E-state index is 15.1. The quantitative estimate of drug-likeness (QED) is 0.293. The van der Waals surface area contributed by atoms with Crippen molar-refractivity contribution in [2.45, 2.75) is 113 Å². The third-order valence-electron chi connectivity index (χ3n) is 12.1. The predicted octanol–water partition coefficient (Wildman–Crippen LogP) is 4.84. The second kappa shape index (κ2) is 16.0. The molecule has 3 heterocycles. The van der Waals surface area contributed by atoms with E-state index in [-0.39, 0.29) is 42.5 Å². The third-order valence-corrected chi connectivity index (χ3v) is 13.9. The van der Waals surface area contributed by atoms with Crippen LogP contribution in [0.5, 0.6) is 11.6 Å². The normalized spacial score (nSPS) is 28.6. The lowest BCUT2D eigenvalue weighted by atomic mass is 9.85. The van der Waals surface area contributed by atoms with Crippen molar-refractivity contribution in [2.24, 2.45) is 17.8 Å². The molecule has 2 aliphatic heterocycles. The molecule has 2 saturated carbocycles. The van der Waals surface area contributed by atoms with Crippen molar-refractivity contribution in [3.8, 4) is 11.6 Å². The summed E-state index contributed by atoms with van der Waals surface area (Å²) in [6.07, 6.45) is -2.78. The molecule has 4 amide bonds. The van der Waals surface area contributed by atoms with Crippen LogP contribution >= 0.6 is 0 Å². The van der Waals surface area contributed by atoms with Gasteiger partial charge in [0.15, 0.2) is 0 Å². The molecule has 2 aliphatic carbocycles. The van der Waals surface area contributed by atoms with Crippen LogP contribution in [0.25, 0.3) is 10.8 Å². The van der Waals surface area contributed by atoms with E-state index in [2.05, 4.69) is 15.0 Å². The summed E-state index contributed by atoms with van der Waals surface area (Å²) in [5, 5.41) is 13.7. The Bertz CT molecular complexity index is 2130. The van der Waals surface area contributed by atoms with Crippen molar-refractivity contribution in [3.05, 3.63) is 36.4 Å². The molecule has 1 aromatic heterocycles.